The minimum atomic E-state index is 0.943. The van der Waals surface area contributed by atoms with Crippen LogP contribution < -0.4 is 10.2 Å². The van der Waals surface area contributed by atoms with E-state index in [9.17, 15) is 0 Å². The number of hydrogen-bond acceptors (Lipinski definition) is 4. The van der Waals surface area contributed by atoms with Crippen molar-refractivity contribution in [3.8, 4) is 0 Å². The maximum absolute atomic E-state index is 4.31. The second-order valence-electron chi connectivity index (χ2n) is 5.18. The molecule has 0 atom stereocenters. The summed E-state index contributed by atoms with van der Waals surface area (Å²) in [5.41, 5.74) is 2.82. The lowest BCUT2D eigenvalue weighted by molar-refractivity contribution is 0.683. The fraction of sp³-hybridized carbons (Fsp3) is 0.438. The standard InChI is InChI=1S/C16H21N3S/c1-2-6-15(19-10-3-4-11-19)14(5-1)13-17-8-7-16-18-9-12-20-16/h1-2,5-6,9,12,17H,3-4,7-8,10-11,13H2. The predicted molar refractivity (Wildman–Crippen MR) is 85.4 cm³/mol. The molecule has 1 N–H and O–H groups in total. The van der Waals surface area contributed by atoms with Crippen molar-refractivity contribution in [2.45, 2.75) is 25.8 Å². The van der Waals surface area contributed by atoms with Crippen molar-refractivity contribution in [1.82, 2.24) is 10.3 Å². The SMILES string of the molecule is c1ccc(N2CCCC2)c(CNCCc2nccs2)c1. The average molecular weight is 287 g/mol. The molecule has 0 spiro atoms. The highest BCUT2D eigenvalue weighted by atomic mass is 32.1. The van der Waals surface area contributed by atoms with Crippen LogP contribution in [0.1, 0.15) is 23.4 Å². The fourth-order valence-corrected chi connectivity index (χ4v) is 3.34. The smallest absolute Gasteiger partial charge is 0.0937 e. The molecule has 1 fully saturated rings. The van der Waals surface area contributed by atoms with Crippen molar-refractivity contribution in [3.05, 3.63) is 46.4 Å². The third-order valence-electron chi connectivity index (χ3n) is 3.75. The molecular formula is C16H21N3S. The van der Waals surface area contributed by atoms with Crippen molar-refractivity contribution < 1.29 is 0 Å². The molecule has 0 radical (unpaired) electrons. The first-order chi connectivity index (χ1) is 9.93. The van der Waals surface area contributed by atoms with Crippen molar-refractivity contribution in [2.24, 2.45) is 0 Å². The Morgan fingerprint density at radius 1 is 1.20 bits per heavy atom. The summed E-state index contributed by atoms with van der Waals surface area (Å²) >= 11 is 1.73. The van der Waals surface area contributed by atoms with E-state index in [-0.39, 0.29) is 0 Å². The maximum Gasteiger partial charge on any atom is 0.0937 e. The van der Waals surface area contributed by atoms with Crippen LogP contribution in [0.2, 0.25) is 0 Å². The Morgan fingerprint density at radius 2 is 2.05 bits per heavy atom. The molecule has 2 aromatic rings. The molecule has 4 heteroatoms. The summed E-state index contributed by atoms with van der Waals surface area (Å²) in [6.45, 7) is 4.34. The average Bonchev–Trinajstić information content (AvgIpc) is 3.17. The van der Waals surface area contributed by atoms with Crippen LogP contribution in [0.15, 0.2) is 35.8 Å². The van der Waals surface area contributed by atoms with Gasteiger partial charge in [0.25, 0.3) is 0 Å². The molecule has 0 unspecified atom stereocenters. The number of thiazole rings is 1. The number of hydrogen-bond donors (Lipinski definition) is 1. The van der Waals surface area contributed by atoms with Gasteiger partial charge in [-0.05, 0) is 24.5 Å². The number of nitrogens with zero attached hydrogens (tertiary/aromatic N) is 2. The van der Waals surface area contributed by atoms with Gasteiger partial charge in [-0.25, -0.2) is 4.98 Å². The van der Waals surface area contributed by atoms with Crippen LogP contribution in [0, 0.1) is 0 Å². The lowest BCUT2D eigenvalue weighted by Gasteiger charge is -2.21. The highest BCUT2D eigenvalue weighted by Crippen LogP contribution is 2.24. The number of aromatic nitrogens is 1. The second-order valence-corrected chi connectivity index (χ2v) is 6.15. The van der Waals surface area contributed by atoms with Gasteiger partial charge in [0.15, 0.2) is 0 Å². The molecule has 1 aliphatic rings. The monoisotopic (exact) mass is 287 g/mol. The Labute approximate surface area is 124 Å². The maximum atomic E-state index is 4.31. The van der Waals surface area contributed by atoms with Crippen molar-refractivity contribution in [3.63, 3.8) is 0 Å². The third-order valence-corrected chi connectivity index (χ3v) is 4.59. The molecule has 0 bridgehead atoms. The minimum absolute atomic E-state index is 0.943. The van der Waals surface area contributed by atoms with E-state index in [2.05, 4.69) is 39.5 Å². The molecule has 20 heavy (non-hydrogen) atoms. The van der Waals surface area contributed by atoms with Gasteiger partial charge in [0, 0.05) is 49.9 Å². The highest BCUT2D eigenvalue weighted by Gasteiger charge is 2.14. The molecule has 106 valence electrons. The normalized spacial score (nSPS) is 14.9. The van der Waals surface area contributed by atoms with E-state index >= 15 is 0 Å². The van der Waals surface area contributed by atoms with Crippen LogP contribution in [0.4, 0.5) is 5.69 Å². The Hall–Kier alpha value is -1.39. The van der Waals surface area contributed by atoms with Gasteiger partial charge in [0.1, 0.15) is 0 Å². The molecule has 3 nitrogen and oxygen atoms in total. The minimum Gasteiger partial charge on any atom is -0.371 e. The van der Waals surface area contributed by atoms with Crippen molar-refractivity contribution >= 4 is 17.0 Å². The van der Waals surface area contributed by atoms with Gasteiger partial charge in [-0.2, -0.15) is 0 Å². The third kappa shape index (κ3) is 3.38. The zero-order valence-electron chi connectivity index (χ0n) is 11.7. The fourth-order valence-electron chi connectivity index (χ4n) is 2.72. The molecule has 1 aliphatic heterocycles. The van der Waals surface area contributed by atoms with Crippen LogP contribution in [0.5, 0.6) is 0 Å². The number of benzene rings is 1. The lowest BCUT2D eigenvalue weighted by atomic mass is 10.1. The highest BCUT2D eigenvalue weighted by molar-refractivity contribution is 7.09. The zero-order valence-corrected chi connectivity index (χ0v) is 12.5. The first kappa shape index (κ1) is 13.6. The predicted octanol–water partition coefficient (Wildman–Crippen LogP) is 3.08. The summed E-state index contributed by atoms with van der Waals surface area (Å²) in [6.07, 6.45) is 5.55. The topological polar surface area (TPSA) is 28.2 Å². The molecule has 0 saturated carbocycles. The van der Waals surface area contributed by atoms with Gasteiger partial charge in [-0.15, -0.1) is 11.3 Å². The van der Waals surface area contributed by atoms with E-state index in [1.165, 1.54) is 42.2 Å². The van der Waals surface area contributed by atoms with Gasteiger partial charge in [-0.1, -0.05) is 18.2 Å². The summed E-state index contributed by atoms with van der Waals surface area (Å²) < 4.78 is 0. The van der Waals surface area contributed by atoms with Crippen LogP contribution >= 0.6 is 11.3 Å². The summed E-state index contributed by atoms with van der Waals surface area (Å²) in [7, 11) is 0. The summed E-state index contributed by atoms with van der Waals surface area (Å²) in [5, 5.41) is 6.80. The van der Waals surface area contributed by atoms with E-state index in [1.54, 1.807) is 11.3 Å². The van der Waals surface area contributed by atoms with Gasteiger partial charge in [-0.3, -0.25) is 0 Å². The van der Waals surface area contributed by atoms with E-state index in [0.717, 1.165) is 19.5 Å². The van der Waals surface area contributed by atoms with Crippen LogP contribution in [-0.4, -0.2) is 24.6 Å². The Balaban J connectivity index is 1.54. The molecule has 0 amide bonds. The molecular weight excluding hydrogens is 266 g/mol. The van der Waals surface area contributed by atoms with Crippen LogP contribution in [-0.2, 0) is 13.0 Å². The molecule has 0 aliphatic carbocycles. The molecule has 2 heterocycles. The summed E-state index contributed by atoms with van der Waals surface area (Å²) in [4.78, 5) is 6.82. The number of para-hydroxylation sites is 1. The second kappa shape index (κ2) is 6.86. The Bertz CT molecular complexity index is 518. The van der Waals surface area contributed by atoms with Crippen LogP contribution in [0.3, 0.4) is 0 Å². The zero-order chi connectivity index (χ0) is 13.6. The number of nitrogens with one attached hydrogen (secondary N) is 1. The van der Waals surface area contributed by atoms with Gasteiger partial charge < -0.3 is 10.2 Å². The van der Waals surface area contributed by atoms with E-state index in [1.807, 2.05) is 11.6 Å². The summed E-state index contributed by atoms with van der Waals surface area (Å²) in [5.74, 6) is 0. The Kier molecular flexibility index (Phi) is 4.66. The molecule has 1 aromatic heterocycles. The van der Waals surface area contributed by atoms with E-state index in [4.69, 9.17) is 0 Å². The summed E-state index contributed by atoms with van der Waals surface area (Å²) in [6, 6.07) is 8.78. The number of anilines is 1. The number of rotatable bonds is 6. The molecule has 1 aromatic carbocycles. The largest absolute Gasteiger partial charge is 0.371 e. The van der Waals surface area contributed by atoms with Gasteiger partial charge in [0.2, 0.25) is 0 Å². The van der Waals surface area contributed by atoms with Crippen molar-refractivity contribution in [2.75, 3.05) is 24.5 Å². The lowest BCUT2D eigenvalue weighted by Crippen LogP contribution is -2.22. The first-order valence-electron chi connectivity index (χ1n) is 7.35. The van der Waals surface area contributed by atoms with Crippen molar-refractivity contribution in [1.29, 1.82) is 0 Å². The molecule has 1 saturated heterocycles. The van der Waals surface area contributed by atoms with E-state index in [0.29, 0.717) is 0 Å². The van der Waals surface area contributed by atoms with E-state index < -0.39 is 0 Å². The first-order valence-corrected chi connectivity index (χ1v) is 8.23. The van der Waals surface area contributed by atoms with Gasteiger partial charge >= 0.3 is 0 Å². The Morgan fingerprint density at radius 3 is 2.85 bits per heavy atom. The van der Waals surface area contributed by atoms with Crippen LogP contribution in [0.25, 0.3) is 0 Å². The molecule has 3 rings (SSSR count). The quantitative estimate of drug-likeness (QED) is 0.828. The van der Waals surface area contributed by atoms with Gasteiger partial charge in [0.05, 0.1) is 5.01 Å².